The minimum atomic E-state index is -0.462. The number of amides is 3. The van der Waals surface area contributed by atoms with Gasteiger partial charge in [-0.1, -0.05) is 12.1 Å². The smallest absolute Gasteiger partial charge is 0.294 e. The number of nitrogens with zero attached hydrogens (tertiary/aromatic N) is 1. The number of halogens is 1. The van der Waals surface area contributed by atoms with Crippen molar-refractivity contribution in [2.75, 3.05) is 18.5 Å². The van der Waals surface area contributed by atoms with Crippen LogP contribution in [0.4, 0.5) is 10.5 Å². The maximum absolute atomic E-state index is 12.5. The van der Waals surface area contributed by atoms with Crippen LogP contribution in [0, 0.1) is 3.57 Å². The number of hydrogen-bond acceptors (Lipinski definition) is 5. The molecule has 0 atom stereocenters. The average Bonchev–Trinajstić information content (AvgIpc) is 2.91. The predicted molar refractivity (Wildman–Crippen MR) is 118 cm³/mol. The van der Waals surface area contributed by atoms with Crippen LogP contribution < -0.4 is 10.1 Å². The van der Waals surface area contributed by atoms with Crippen LogP contribution in [0.25, 0.3) is 6.08 Å². The first kappa shape index (κ1) is 20.4. The Morgan fingerprint density at radius 3 is 2.64 bits per heavy atom. The van der Waals surface area contributed by atoms with Crippen LogP contribution in [-0.2, 0) is 9.59 Å². The highest BCUT2D eigenvalue weighted by molar-refractivity contribution is 14.1. The fraction of sp³-hybridized carbons (Fsp3) is 0.150. The predicted octanol–water partition coefficient (Wildman–Crippen LogP) is 4.36. The van der Waals surface area contributed by atoms with Crippen LogP contribution in [0.15, 0.2) is 53.4 Å². The van der Waals surface area contributed by atoms with E-state index in [4.69, 9.17) is 4.74 Å². The Balaban J connectivity index is 1.64. The minimum absolute atomic E-state index is 0.306. The number of carbonyl (C=O) groups excluding carboxylic acids is 3. The molecule has 1 aliphatic heterocycles. The summed E-state index contributed by atoms with van der Waals surface area (Å²) in [6.07, 6.45) is 1.66. The van der Waals surface area contributed by atoms with Crippen LogP contribution in [0.1, 0.15) is 12.5 Å². The van der Waals surface area contributed by atoms with Gasteiger partial charge in [0.2, 0.25) is 5.91 Å². The van der Waals surface area contributed by atoms with E-state index in [1.165, 1.54) is 0 Å². The van der Waals surface area contributed by atoms with Gasteiger partial charge < -0.3 is 10.1 Å². The highest BCUT2D eigenvalue weighted by atomic mass is 127. The third-order valence-electron chi connectivity index (χ3n) is 3.77. The first-order chi connectivity index (χ1) is 13.5. The molecule has 0 radical (unpaired) electrons. The van der Waals surface area contributed by atoms with E-state index in [2.05, 4.69) is 27.9 Å². The largest absolute Gasteiger partial charge is 0.494 e. The Bertz CT molecular complexity index is 943. The van der Waals surface area contributed by atoms with Gasteiger partial charge in [-0.3, -0.25) is 19.3 Å². The molecule has 28 heavy (non-hydrogen) atoms. The molecule has 2 aromatic carbocycles. The standard InChI is InChI=1S/C20H17IN2O4S/c1-2-27-16-8-6-15(7-9-16)22-18(24)12-23-19(25)17(28-20(23)26)11-13-4-3-5-14(21)10-13/h3-11H,2,12H2,1H3,(H,22,24). The number of ether oxygens (including phenoxy) is 1. The number of hydrogen-bond donors (Lipinski definition) is 1. The summed E-state index contributed by atoms with van der Waals surface area (Å²) in [5, 5.41) is 2.23. The summed E-state index contributed by atoms with van der Waals surface area (Å²) >= 11 is 3.02. The highest BCUT2D eigenvalue weighted by Gasteiger charge is 2.36. The van der Waals surface area contributed by atoms with Crippen molar-refractivity contribution in [1.29, 1.82) is 0 Å². The van der Waals surface area contributed by atoms with E-state index in [0.717, 1.165) is 25.8 Å². The molecular weight excluding hydrogens is 491 g/mol. The Labute approximate surface area is 180 Å². The van der Waals surface area contributed by atoms with Gasteiger partial charge >= 0.3 is 0 Å². The van der Waals surface area contributed by atoms with Crippen LogP contribution in [0.2, 0.25) is 0 Å². The summed E-state index contributed by atoms with van der Waals surface area (Å²) in [5.41, 5.74) is 1.39. The summed E-state index contributed by atoms with van der Waals surface area (Å²) in [6, 6.07) is 14.5. The van der Waals surface area contributed by atoms with Crippen molar-refractivity contribution < 1.29 is 19.1 Å². The van der Waals surface area contributed by atoms with E-state index in [1.54, 1.807) is 30.3 Å². The molecule has 0 aromatic heterocycles. The molecule has 0 aliphatic carbocycles. The Kier molecular flexibility index (Phi) is 6.74. The van der Waals surface area contributed by atoms with Crippen molar-refractivity contribution in [3.8, 4) is 5.75 Å². The van der Waals surface area contributed by atoms with Crippen molar-refractivity contribution in [2.45, 2.75) is 6.92 Å². The SMILES string of the molecule is CCOc1ccc(NC(=O)CN2C(=O)SC(=Cc3cccc(I)c3)C2=O)cc1. The van der Waals surface area contributed by atoms with Crippen molar-refractivity contribution in [1.82, 2.24) is 4.90 Å². The molecule has 1 heterocycles. The molecule has 3 rings (SSSR count). The molecule has 144 valence electrons. The molecule has 0 bridgehead atoms. The summed E-state index contributed by atoms with van der Waals surface area (Å²) < 4.78 is 6.38. The van der Waals surface area contributed by atoms with E-state index < -0.39 is 17.1 Å². The van der Waals surface area contributed by atoms with Crippen molar-refractivity contribution in [2.24, 2.45) is 0 Å². The van der Waals surface area contributed by atoms with Crippen LogP contribution in [-0.4, -0.2) is 35.1 Å². The van der Waals surface area contributed by atoms with Gasteiger partial charge in [0.15, 0.2) is 0 Å². The maximum atomic E-state index is 12.5. The maximum Gasteiger partial charge on any atom is 0.294 e. The van der Waals surface area contributed by atoms with Crippen LogP contribution >= 0.6 is 34.4 Å². The summed E-state index contributed by atoms with van der Waals surface area (Å²) in [6.45, 7) is 2.11. The van der Waals surface area contributed by atoms with E-state index >= 15 is 0 Å². The zero-order valence-electron chi connectivity index (χ0n) is 15.0. The molecule has 0 unspecified atom stereocenters. The lowest BCUT2D eigenvalue weighted by Crippen LogP contribution is -2.36. The van der Waals surface area contributed by atoms with Crippen LogP contribution in [0.5, 0.6) is 5.75 Å². The second-order valence-electron chi connectivity index (χ2n) is 5.83. The molecule has 3 amide bonds. The molecule has 6 nitrogen and oxygen atoms in total. The molecule has 1 saturated heterocycles. The fourth-order valence-corrected chi connectivity index (χ4v) is 3.93. The van der Waals surface area contributed by atoms with Gasteiger partial charge in [0.05, 0.1) is 11.5 Å². The number of anilines is 1. The van der Waals surface area contributed by atoms with Gasteiger partial charge in [0.1, 0.15) is 12.3 Å². The van der Waals surface area contributed by atoms with Crippen LogP contribution in [0.3, 0.4) is 0 Å². The quantitative estimate of drug-likeness (QED) is 0.464. The zero-order valence-corrected chi connectivity index (χ0v) is 18.0. The molecule has 2 aromatic rings. The molecule has 1 N–H and O–H groups in total. The number of rotatable bonds is 6. The molecule has 0 spiro atoms. The van der Waals surface area contributed by atoms with Gasteiger partial charge in [0, 0.05) is 9.26 Å². The van der Waals surface area contributed by atoms with E-state index in [-0.39, 0.29) is 6.54 Å². The second kappa shape index (κ2) is 9.24. The monoisotopic (exact) mass is 508 g/mol. The lowest BCUT2D eigenvalue weighted by Gasteiger charge is -2.12. The lowest BCUT2D eigenvalue weighted by molar-refractivity contribution is -0.127. The number of benzene rings is 2. The van der Waals surface area contributed by atoms with E-state index in [1.807, 2.05) is 31.2 Å². The third-order valence-corrected chi connectivity index (χ3v) is 5.35. The highest BCUT2D eigenvalue weighted by Crippen LogP contribution is 2.32. The normalized spacial score (nSPS) is 15.2. The number of imide groups is 1. The number of carbonyl (C=O) groups is 3. The number of nitrogens with one attached hydrogen (secondary N) is 1. The third kappa shape index (κ3) is 5.14. The Morgan fingerprint density at radius 1 is 1.21 bits per heavy atom. The van der Waals surface area contributed by atoms with Gasteiger partial charge in [0.25, 0.3) is 11.1 Å². The number of thioether (sulfide) groups is 1. The minimum Gasteiger partial charge on any atom is -0.494 e. The summed E-state index contributed by atoms with van der Waals surface area (Å²) in [4.78, 5) is 38.2. The molecule has 1 fully saturated rings. The molecule has 0 saturated carbocycles. The van der Waals surface area contributed by atoms with E-state index in [9.17, 15) is 14.4 Å². The zero-order chi connectivity index (χ0) is 20.1. The first-order valence-electron chi connectivity index (χ1n) is 8.50. The van der Waals surface area contributed by atoms with Crippen molar-refractivity contribution in [3.63, 3.8) is 0 Å². The summed E-state index contributed by atoms with van der Waals surface area (Å²) in [5.74, 6) is -0.204. The van der Waals surface area contributed by atoms with Gasteiger partial charge in [-0.15, -0.1) is 0 Å². The van der Waals surface area contributed by atoms with Gasteiger partial charge in [-0.05, 0) is 89.3 Å². The lowest BCUT2D eigenvalue weighted by atomic mass is 10.2. The van der Waals surface area contributed by atoms with Crippen molar-refractivity contribution in [3.05, 3.63) is 62.6 Å². The average molecular weight is 508 g/mol. The Morgan fingerprint density at radius 2 is 1.96 bits per heavy atom. The topological polar surface area (TPSA) is 75.7 Å². The van der Waals surface area contributed by atoms with Gasteiger partial charge in [-0.2, -0.15) is 0 Å². The molecular formula is C20H17IN2O4S. The van der Waals surface area contributed by atoms with Gasteiger partial charge in [-0.25, -0.2) is 0 Å². The second-order valence-corrected chi connectivity index (χ2v) is 8.07. The molecule has 1 aliphatic rings. The Hall–Kier alpha value is -2.33. The van der Waals surface area contributed by atoms with Crippen molar-refractivity contribution >= 4 is 63.2 Å². The van der Waals surface area contributed by atoms with E-state index in [0.29, 0.717) is 22.9 Å². The fourth-order valence-electron chi connectivity index (χ4n) is 2.53. The molecule has 8 heteroatoms. The first-order valence-corrected chi connectivity index (χ1v) is 10.4. The summed E-state index contributed by atoms with van der Waals surface area (Å²) in [7, 11) is 0.